The second-order valence-corrected chi connectivity index (χ2v) is 7.79. The van der Waals surface area contributed by atoms with Crippen molar-refractivity contribution in [2.75, 3.05) is 0 Å². The quantitative estimate of drug-likeness (QED) is 0.723. The molecular weight excluding hydrogens is 360 g/mol. The Bertz CT molecular complexity index is 929. The topological polar surface area (TPSA) is 59.3 Å². The highest BCUT2D eigenvalue weighted by molar-refractivity contribution is 6.30. The second kappa shape index (κ2) is 7.69. The molecular formula is C21H23ClN4O. The zero-order chi connectivity index (χ0) is 18.8. The Morgan fingerprint density at radius 1 is 1.11 bits per heavy atom. The van der Waals surface area contributed by atoms with E-state index in [1.165, 1.54) is 5.69 Å². The van der Waals surface area contributed by atoms with E-state index >= 15 is 0 Å². The number of amides is 1. The first kappa shape index (κ1) is 18.0. The van der Waals surface area contributed by atoms with E-state index in [4.69, 9.17) is 11.6 Å². The van der Waals surface area contributed by atoms with Gasteiger partial charge in [0.1, 0.15) is 0 Å². The fraction of sp³-hybridized carbons (Fsp3) is 0.381. The molecule has 1 saturated carbocycles. The maximum atomic E-state index is 12.4. The summed E-state index contributed by atoms with van der Waals surface area (Å²) in [6.07, 6.45) is 8.06. The first-order chi connectivity index (χ1) is 13.1. The minimum Gasteiger partial charge on any atom is -0.349 e. The van der Waals surface area contributed by atoms with E-state index < -0.39 is 0 Å². The molecule has 1 atom stereocenters. The molecule has 0 bridgehead atoms. The summed E-state index contributed by atoms with van der Waals surface area (Å²) in [7, 11) is 0. The first-order valence-corrected chi connectivity index (χ1v) is 9.84. The van der Waals surface area contributed by atoms with Crippen LogP contribution in [0.4, 0.5) is 0 Å². The van der Waals surface area contributed by atoms with Crippen molar-refractivity contribution in [2.45, 2.75) is 44.6 Å². The third kappa shape index (κ3) is 3.83. The summed E-state index contributed by atoms with van der Waals surface area (Å²) in [5.74, 6) is 0.951. The molecule has 27 heavy (non-hydrogen) atoms. The number of halogens is 1. The highest BCUT2D eigenvalue weighted by atomic mass is 35.5. The number of rotatable bonds is 4. The van der Waals surface area contributed by atoms with Crippen LogP contribution in [0.3, 0.4) is 0 Å². The normalized spacial score (nSPS) is 21.1. The molecule has 3 aromatic rings. The number of carbonyl (C=O) groups excluding carboxylic acids is 1. The maximum Gasteiger partial charge on any atom is 0.251 e. The van der Waals surface area contributed by atoms with Crippen LogP contribution in [-0.2, 0) is 0 Å². The van der Waals surface area contributed by atoms with Crippen molar-refractivity contribution >= 4 is 23.2 Å². The predicted octanol–water partition coefficient (Wildman–Crippen LogP) is 4.48. The fourth-order valence-corrected chi connectivity index (χ4v) is 4.21. The number of carbonyl (C=O) groups is 1. The number of hydrogen-bond acceptors (Lipinski definition) is 3. The van der Waals surface area contributed by atoms with Gasteiger partial charge in [0.25, 0.3) is 5.91 Å². The number of aromatic nitrogens is 3. The Kier molecular flexibility index (Phi) is 5.12. The Morgan fingerprint density at radius 2 is 1.85 bits per heavy atom. The van der Waals surface area contributed by atoms with Crippen LogP contribution in [0, 0.1) is 5.92 Å². The summed E-state index contributed by atoms with van der Waals surface area (Å²) >= 11 is 5.90. The highest BCUT2D eigenvalue weighted by Crippen LogP contribution is 2.37. The van der Waals surface area contributed by atoms with Crippen molar-refractivity contribution in [3.05, 3.63) is 65.1 Å². The minimum atomic E-state index is -0.0336. The van der Waals surface area contributed by atoms with Crippen LogP contribution in [0.15, 0.2) is 48.8 Å². The molecule has 0 radical (unpaired) electrons. The van der Waals surface area contributed by atoms with Crippen LogP contribution in [-0.4, -0.2) is 26.5 Å². The van der Waals surface area contributed by atoms with Crippen LogP contribution >= 0.6 is 11.6 Å². The third-order valence-electron chi connectivity index (χ3n) is 5.68. The summed E-state index contributed by atoms with van der Waals surface area (Å²) in [6, 6.07) is 11.2. The molecule has 0 spiro atoms. The molecule has 0 unspecified atom stereocenters. The number of nitrogens with one attached hydrogen (secondary N) is 1. The molecule has 1 aromatic carbocycles. The van der Waals surface area contributed by atoms with Crippen LogP contribution in [0.1, 0.15) is 54.6 Å². The van der Waals surface area contributed by atoms with E-state index in [2.05, 4.69) is 28.4 Å². The zero-order valence-electron chi connectivity index (χ0n) is 15.3. The van der Waals surface area contributed by atoms with Gasteiger partial charge in [-0.2, -0.15) is 5.10 Å². The van der Waals surface area contributed by atoms with Gasteiger partial charge in [-0.15, -0.1) is 0 Å². The molecule has 6 heteroatoms. The lowest BCUT2D eigenvalue weighted by molar-refractivity contribution is 0.0917. The molecule has 1 aliphatic rings. The van der Waals surface area contributed by atoms with E-state index in [0.717, 1.165) is 31.3 Å². The Hall–Kier alpha value is -2.40. The summed E-state index contributed by atoms with van der Waals surface area (Å²) in [6.45, 7) is 2.11. The molecule has 0 saturated heterocycles. The molecule has 1 aliphatic carbocycles. The Morgan fingerprint density at radius 3 is 2.59 bits per heavy atom. The molecule has 1 N–H and O–H groups in total. The van der Waals surface area contributed by atoms with Crippen molar-refractivity contribution in [3.8, 4) is 0 Å². The molecule has 1 amide bonds. The van der Waals surface area contributed by atoms with Gasteiger partial charge in [-0.3, -0.25) is 4.79 Å². The molecule has 2 heterocycles. The number of fused-ring (bicyclic) bond motifs is 1. The van der Waals surface area contributed by atoms with Gasteiger partial charge >= 0.3 is 0 Å². The van der Waals surface area contributed by atoms with Gasteiger partial charge in [-0.05, 0) is 68.9 Å². The highest BCUT2D eigenvalue weighted by Gasteiger charge is 2.28. The monoisotopic (exact) mass is 382 g/mol. The maximum absolute atomic E-state index is 12.4. The lowest BCUT2D eigenvalue weighted by atomic mass is 9.77. The van der Waals surface area contributed by atoms with Gasteiger partial charge in [0, 0.05) is 40.5 Å². The molecule has 140 valence electrons. The average molecular weight is 383 g/mol. The van der Waals surface area contributed by atoms with E-state index in [0.29, 0.717) is 22.4 Å². The van der Waals surface area contributed by atoms with Gasteiger partial charge < -0.3 is 5.32 Å². The van der Waals surface area contributed by atoms with Crippen molar-refractivity contribution in [1.29, 1.82) is 0 Å². The van der Waals surface area contributed by atoms with Crippen LogP contribution in [0.25, 0.3) is 5.65 Å². The smallest absolute Gasteiger partial charge is 0.251 e. The SMILES string of the molecule is C[C@H](NC(=O)c1ccc(Cl)cc1)C1CCC(c2ccnc3ccnn23)CC1. The van der Waals surface area contributed by atoms with Gasteiger partial charge in [-0.1, -0.05) is 11.6 Å². The zero-order valence-corrected chi connectivity index (χ0v) is 16.1. The van der Waals surface area contributed by atoms with Gasteiger partial charge in [0.15, 0.2) is 5.65 Å². The van der Waals surface area contributed by atoms with Crippen LogP contribution in [0.2, 0.25) is 5.02 Å². The summed E-state index contributed by atoms with van der Waals surface area (Å²) < 4.78 is 1.96. The summed E-state index contributed by atoms with van der Waals surface area (Å²) in [5.41, 5.74) is 2.79. The second-order valence-electron chi connectivity index (χ2n) is 7.35. The summed E-state index contributed by atoms with van der Waals surface area (Å²) in [4.78, 5) is 16.8. The minimum absolute atomic E-state index is 0.0336. The predicted molar refractivity (Wildman–Crippen MR) is 106 cm³/mol. The molecule has 0 aliphatic heterocycles. The van der Waals surface area contributed by atoms with Crippen molar-refractivity contribution in [1.82, 2.24) is 19.9 Å². The largest absolute Gasteiger partial charge is 0.349 e. The van der Waals surface area contributed by atoms with Crippen molar-refractivity contribution in [3.63, 3.8) is 0 Å². The van der Waals surface area contributed by atoms with E-state index in [9.17, 15) is 4.79 Å². The summed E-state index contributed by atoms with van der Waals surface area (Å²) in [5, 5.41) is 8.21. The third-order valence-corrected chi connectivity index (χ3v) is 5.93. The molecule has 4 rings (SSSR count). The standard InChI is InChI=1S/C21H23ClN4O/c1-14(25-21(27)17-6-8-18(22)9-7-17)15-2-4-16(5-3-15)19-10-12-23-20-11-13-24-26(19)20/h6-16H,2-5H2,1H3,(H,25,27)/t14-,15?,16?/m0/s1. The van der Waals surface area contributed by atoms with E-state index in [1.54, 1.807) is 30.5 Å². The number of hydrogen-bond donors (Lipinski definition) is 1. The van der Waals surface area contributed by atoms with Gasteiger partial charge in [-0.25, -0.2) is 9.50 Å². The molecule has 2 aromatic heterocycles. The first-order valence-electron chi connectivity index (χ1n) is 9.47. The van der Waals surface area contributed by atoms with Crippen molar-refractivity contribution in [2.24, 2.45) is 5.92 Å². The van der Waals surface area contributed by atoms with Gasteiger partial charge in [0.05, 0.1) is 6.20 Å². The van der Waals surface area contributed by atoms with Crippen LogP contribution < -0.4 is 5.32 Å². The lowest BCUT2D eigenvalue weighted by Crippen LogP contribution is -2.39. The van der Waals surface area contributed by atoms with Crippen LogP contribution in [0.5, 0.6) is 0 Å². The van der Waals surface area contributed by atoms with E-state index in [-0.39, 0.29) is 11.9 Å². The average Bonchev–Trinajstić information content (AvgIpc) is 3.17. The number of benzene rings is 1. The lowest BCUT2D eigenvalue weighted by Gasteiger charge is -2.32. The molecule has 1 fully saturated rings. The van der Waals surface area contributed by atoms with Gasteiger partial charge in [0.2, 0.25) is 0 Å². The van der Waals surface area contributed by atoms with E-state index in [1.807, 2.05) is 16.8 Å². The van der Waals surface area contributed by atoms with Crippen molar-refractivity contribution < 1.29 is 4.79 Å². The Labute approximate surface area is 163 Å². The Balaban J connectivity index is 1.36. The fourth-order valence-electron chi connectivity index (χ4n) is 4.09. The number of nitrogens with zero attached hydrogens (tertiary/aromatic N) is 3. The molecule has 5 nitrogen and oxygen atoms in total.